The van der Waals surface area contributed by atoms with E-state index < -0.39 is 24.3 Å². The van der Waals surface area contributed by atoms with Gasteiger partial charge in [-0.2, -0.15) is 0 Å². The van der Waals surface area contributed by atoms with Crippen molar-refractivity contribution in [3.8, 4) is 5.75 Å². The number of nitrogens with one attached hydrogen (secondary N) is 1. The highest BCUT2D eigenvalue weighted by molar-refractivity contribution is 8.00. The minimum Gasteiger partial charge on any atom is -0.489 e. The molecule has 2 aromatic carbocycles. The number of ether oxygens (including phenoxy) is 1. The average Bonchev–Trinajstić information content (AvgIpc) is 3.64. The standard InChI is InChI=1S/C28H24N2O6S2/c31-18(32)11-30-26(33)21-16-10-17(22(21)27(30)34)23-20(16)19(24-25(37-23)29-28(35)38-24)14-6-8-15(9-7-14)36-12-13-4-2-1-3-5-13/h1-9,16-17,19-23H,10-12H2,(H,29,35)(H,31,32)/t16?,17?,19-,20?,21?,22?,23?/m1/s1. The predicted molar refractivity (Wildman–Crippen MR) is 140 cm³/mol. The van der Waals surface area contributed by atoms with Gasteiger partial charge in [0.2, 0.25) is 11.8 Å². The molecule has 1 saturated heterocycles. The number of aromatic amines is 1. The maximum absolute atomic E-state index is 13.3. The van der Waals surface area contributed by atoms with Crippen molar-refractivity contribution in [2.75, 3.05) is 6.54 Å². The molecule has 2 aliphatic heterocycles. The first-order chi connectivity index (χ1) is 18.4. The van der Waals surface area contributed by atoms with Crippen molar-refractivity contribution in [3.05, 3.63) is 80.3 Å². The Bertz CT molecular complexity index is 1500. The molecule has 6 unspecified atom stereocenters. The number of thioether (sulfide) groups is 1. The van der Waals surface area contributed by atoms with Gasteiger partial charge in [0.05, 0.1) is 16.9 Å². The smallest absolute Gasteiger partial charge is 0.323 e. The first kappa shape index (κ1) is 23.7. The molecule has 3 aromatic rings. The number of aliphatic carboxylic acids is 1. The molecule has 4 aliphatic rings. The lowest BCUT2D eigenvalue weighted by molar-refractivity contribution is -0.149. The van der Waals surface area contributed by atoms with Crippen molar-refractivity contribution >= 4 is 40.9 Å². The molecule has 2 amide bonds. The zero-order valence-electron chi connectivity index (χ0n) is 20.1. The molecule has 194 valence electrons. The van der Waals surface area contributed by atoms with Gasteiger partial charge >= 0.3 is 10.8 Å². The van der Waals surface area contributed by atoms with Crippen molar-refractivity contribution < 1.29 is 24.2 Å². The van der Waals surface area contributed by atoms with Crippen LogP contribution in [-0.4, -0.2) is 44.6 Å². The fraction of sp³-hybridized carbons (Fsp3) is 0.357. The molecule has 2 aliphatic carbocycles. The summed E-state index contributed by atoms with van der Waals surface area (Å²) in [5, 5.41) is 10.2. The Kier molecular flexibility index (Phi) is 5.52. The van der Waals surface area contributed by atoms with Crippen molar-refractivity contribution in [2.24, 2.45) is 29.6 Å². The van der Waals surface area contributed by atoms with Gasteiger partial charge < -0.3 is 14.8 Å². The Morgan fingerprint density at radius 3 is 2.42 bits per heavy atom. The molecule has 7 rings (SSSR count). The van der Waals surface area contributed by atoms with Crippen LogP contribution in [0, 0.1) is 29.6 Å². The van der Waals surface area contributed by atoms with Crippen LogP contribution in [0.5, 0.6) is 5.75 Å². The summed E-state index contributed by atoms with van der Waals surface area (Å²) in [5.41, 5.74) is 2.13. The first-order valence-electron chi connectivity index (χ1n) is 12.6. The number of fused-ring (bicyclic) bond motifs is 9. The average molecular weight is 549 g/mol. The molecule has 8 nitrogen and oxygen atoms in total. The fourth-order valence-electron chi connectivity index (χ4n) is 7.26. The molecule has 1 aromatic heterocycles. The number of likely N-dealkylation sites (tertiary alicyclic amines) is 1. The van der Waals surface area contributed by atoms with Crippen LogP contribution in [0.2, 0.25) is 0 Å². The van der Waals surface area contributed by atoms with E-state index in [1.54, 1.807) is 11.8 Å². The maximum atomic E-state index is 13.3. The van der Waals surface area contributed by atoms with E-state index in [4.69, 9.17) is 4.74 Å². The van der Waals surface area contributed by atoms with Gasteiger partial charge in [-0.3, -0.25) is 24.1 Å². The van der Waals surface area contributed by atoms with Crippen molar-refractivity contribution in [1.82, 2.24) is 9.88 Å². The molecule has 7 atom stereocenters. The number of carbonyl (C=O) groups is 3. The lowest BCUT2D eigenvalue weighted by Gasteiger charge is -2.43. The van der Waals surface area contributed by atoms with E-state index in [0.29, 0.717) is 6.61 Å². The van der Waals surface area contributed by atoms with E-state index in [1.807, 2.05) is 54.6 Å². The number of aromatic nitrogens is 1. The van der Waals surface area contributed by atoms with Crippen LogP contribution in [0.4, 0.5) is 0 Å². The molecule has 2 saturated carbocycles. The fourth-order valence-corrected chi connectivity index (χ4v) is 10.1. The van der Waals surface area contributed by atoms with Crippen LogP contribution in [-0.2, 0) is 21.0 Å². The highest BCUT2D eigenvalue weighted by Crippen LogP contribution is 2.68. The third-order valence-corrected chi connectivity index (χ3v) is 11.2. The first-order valence-corrected chi connectivity index (χ1v) is 14.3. The van der Waals surface area contributed by atoms with Crippen LogP contribution in [0.15, 0.2) is 64.4 Å². The number of carbonyl (C=O) groups excluding carboxylic acids is 2. The number of carboxylic acid groups (broad SMARTS) is 1. The summed E-state index contributed by atoms with van der Waals surface area (Å²) in [6.07, 6.45) is 0.768. The Hall–Kier alpha value is -3.37. The normalized spacial score (nSPS) is 30.7. The highest BCUT2D eigenvalue weighted by Gasteiger charge is 2.69. The second kappa shape index (κ2) is 8.84. The van der Waals surface area contributed by atoms with Crippen LogP contribution < -0.4 is 9.61 Å². The van der Waals surface area contributed by atoms with Crippen LogP contribution in [0.3, 0.4) is 0 Å². The van der Waals surface area contributed by atoms with Gasteiger partial charge in [-0.15, -0.1) is 11.8 Å². The quantitative estimate of drug-likeness (QED) is 0.453. The number of hydrogen-bond donors (Lipinski definition) is 2. The second-order valence-corrected chi connectivity index (χ2v) is 12.7. The van der Waals surface area contributed by atoms with E-state index in [0.717, 1.165) is 38.1 Å². The van der Waals surface area contributed by atoms with E-state index in [-0.39, 0.29) is 45.6 Å². The molecule has 2 bridgehead atoms. The van der Waals surface area contributed by atoms with Gasteiger partial charge in [0.25, 0.3) is 0 Å². The summed E-state index contributed by atoms with van der Waals surface area (Å²) in [5.74, 6) is -2.18. The van der Waals surface area contributed by atoms with E-state index in [2.05, 4.69) is 4.98 Å². The van der Waals surface area contributed by atoms with E-state index >= 15 is 0 Å². The Morgan fingerprint density at radius 1 is 1.00 bits per heavy atom. The highest BCUT2D eigenvalue weighted by atomic mass is 32.2. The van der Waals surface area contributed by atoms with Gasteiger partial charge in [-0.05, 0) is 47.4 Å². The monoisotopic (exact) mass is 548 g/mol. The van der Waals surface area contributed by atoms with Gasteiger partial charge in [0, 0.05) is 16.0 Å². The van der Waals surface area contributed by atoms with Crippen molar-refractivity contribution in [1.29, 1.82) is 0 Å². The van der Waals surface area contributed by atoms with Gasteiger partial charge in [0.15, 0.2) is 0 Å². The number of hydrogen-bond acceptors (Lipinski definition) is 7. The Morgan fingerprint density at radius 2 is 1.71 bits per heavy atom. The minimum absolute atomic E-state index is 0.0252. The Balaban J connectivity index is 1.21. The third kappa shape index (κ3) is 3.57. The Labute approximate surface area is 226 Å². The number of thiazole rings is 1. The largest absolute Gasteiger partial charge is 0.489 e. The lowest BCUT2D eigenvalue weighted by Crippen LogP contribution is -2.42. The van der Waals surface area contributed by atoms with E-state index in [9.17, 15) is 24.3 Å². The zero-order chi connectivity index (χ0) is 26.1. The number of nitrogens with zero attached hydrogens (tertiary/aromatic N) is 1. The maximum Gasteiger partial charge on any atom is 0.323 e. The summed E-state index contributed by atoms with van der Waals surface area (Å²) in [6.45, 7) is -0.120. The molecule has 10 heteroatoms. The number of H-pyrrole nitrogens is 1. The molecular formula is C28H24N2O6S2. The summed E-state index contributed by atoms with van der Waals surface area (Å²) in [7, 11) is 0. The van der Waals surface area contributed by atoms with Gasteiger partial charge in [-0.25, -0.2) is 0 Å². The topological polar surface area (TPSA) is 117 Å². The van der Waals surface area contributed by atoms with Crippen molar-refractivity contribution in [2.45, 2.75) is 29.2 Å². The number of imide groups is 1. The van der Waals surface area contributed by atoms with Gasteiger partial charge in [-0.1, -0.05) is 53.8 Å². The minimum atomic E-state index is -1.18. The number of benzene rings is 2. The molecule has 3 heterocycles. The van der Waals surface area contributed by atoms with Crippen LogP contribution in [0.25, 0.3) is 0 Å². The number of carboxylic acids is 1. The van der Waals surface area contributed by atoms with Crippen LogP contribution >= 0.6 is 23.1 Å². The molecule has 3 fully saturated rings. The second-order valence-electron chi connectivity index (χ2n) is 10.5. The number of amides is 2. The lowest BCUT2D eigenvalue weighted by atomic mass is 9.68. The summed E-state index contributed by atoms with van der Waals surface area (Å²) in [6, 6.07) is 17.9. The summed E-state index contributed by atoms with van der Waals surface area (Å²) < 4.78 is 5.98. The molecule has 0 radical (unpaired) electrons. The van der Waals surface area contributed by atoms with Crippen LogP contribution in [0.1, 0.15) is 28.3 Å². The molecule has 2 N–H and O–H groups in total. The predicted octanol–water partition coefficient (Wildman–Crippen LogP) is 3.57. The SMILES string of the molecule is O=C(O)CN1C(=O)C2C3CC(C2C1=O)C1C3Sc2[nH]c(=O)sc2[C@@H]1c1ccc(OCc2ccccc2)cc1. The molecule has 0 spiro atoms. The number of rotatable bonds is 6. The van der Waals surface area contributed by atoms with E-state index in [1.165, 1.54) is 11.3 Å². The molecule has 38 heavy (non-hydrogen) atoms. The summed E-state index contributed by atoms with van der Waals surface area (Å²) >= 11 is 2.83. The zero-order valence-corrected chi connectivity index (χ0v) is 21.7. The third-order valence-electron chi connectivity index (χ3n) is 8.60. The summed E-state index contributed by atoms with van der Waals surface area (Å²) in [4.78, 5) is 55.0. The molecular weight excluding hydrogens is 524 g/mol. The van der Waals surface area contributed by atoms with Crippen molar-refractivity contribution in [3.63, 3.8) is 0 Å². The van der Waals surface area contributed by atoms with Gasteiger partial charge in [0.1, 0.15) is 18.9 Å².